The van der Waals surface area contributed by atoms with E-state index in [0.717, 1.165) is 56.4 Å². The van der Waals surface area contributed by atoms with Crippen LogP contribution in [0.25, 0.3) is 21.9 Å². The van der Waals surface area contributed by atoms with Crippen molar-refractivity contribution in [2.45, 2.75) is 50.7 Å². The van der Waals surface area contributed by atoms with Gasteiger partial charge in [-0.15, -0.1) is 0 Å². The molecule has 12 heteroatoms. The molecule has 0 radical (unpaired) electrons. The first-order valence-corrected chi connectivity index (χ1v) is 14.7. The number of benzene rings is 2. The number of hydrogen-bond acceptors (Lipinski definition) is 7. The Labute approximate surface area is 247 Å². The number of fused-ring (bicyclic) bond motifs is 2. The number of H-pyrrole nitrogens is 1. The van der Waals surface area contributed by atoms with Crippen molar-refractivity contribution < 1.29 is 14.3 Å². The lowest BCUT2D eigenvalue weighted by atomic mass is 10.1. The largest absolute Gasteiger partial charge is 0.376 e. The van der Waals surface area contributed by atoms with E-state index in [1.807, 2.05) is 17.0 Å². The van der Waals surface area contributed by atoms with Gasteiger partial charge in [-0.2, -0.15) is 0 Å². The summed E-state index contributed by atoms with van der Waals surface area (Å²) in [7, 11) is 0. The number of aromatic amines is 1. The van der Waals surface area contributed by atoms with E-state index in [-0.39, 0.29) is 24.3 Å². The Hall–Kier alpha value is -3.47. The van der Waals surface area contributed by atoms with Crippen molar-refractivity contribution in [1.82, 2.24) is 30.2 Å². The molecule has 2 aromatic heterocycles. The molecule has 10 nitrogen and oxygen atoms in total. The van der Waals surface area contributed by atoms with Crippen molar-refractivity contribution in [3.8, 4) is 0 Å². The van der Waals surface area contributed by atoms with Crippen LogP contribution in [-0.4, -0.2) is 69.0 Å². The minimum Gasteiger partial charge on any atom is -0.376 e. The van der Waals surface area contributed by atoms with Gasteiger partial charge in [0.15, 0.2) is 0 Å². The van der Waals surface area contributed by atoms with Crippen LogP contribution in [0.4, 0.5) is 5.82 Å². The number of carbonyl (C=O) groups excluding carboxylic acids is 2. The average molecular weight is 597 g/mol. The minimum atomic E-state index is -0.391. The second kappa shape index (κ2) is 12.2. The van der Waals surface area contributed by atoms with E-state index >= 15 is 0 Å². The van der Waals surface area contributed by atoms with Crippen LogP contribution in [0.2, 0.25) is 10.0 Å². The number of likely N-dealkylation sites (tertiary alicyclic amines) is 1. The summed E-state index contributed by atoms with van der Waals surface area (Å²) in [4.78, 5) is 44.7. The number of imidazole rings is 1. The number of carbonyl (C=O) groups is 2. The summed E-state index contributed by atoms with van der Waals surface area (Å²) < 4.78 is 5.62. The van der Waals surface area contributed by atoms with E-state index < -0.39 is 6.04 Å². The van der Waals surface area contributed by atoms with Crippen molar-refractivity contribution in [3.05, 3.63) is 58.1 Å². The summed E-state index contributed by atoms with van der Waals surface area (Å²) in [5.74, 6) is 1.02. The number of aromatic nitrogens is 4. The third-order valence-corrected chi connectivity index (χ3v) is 8.21. The van der Waals surface area contributed by atoms with Gasteiger partial charge in [0.2, 0.25) is 5.91 Å². The maximum Gasteiger partial charge on any atom is 0.255 e. The fourth-order valence-corrected chi connectivity index (χ4v) is 5.87. The van der Waals surface area contributed by atoms with Crippen LogP contribution in [0.1, 0.15) is 60.7 Å². The smallest absolute Gasteiger partial charge is 0.255 e. The van der Waals surface area contributed by atoms with Crippen LogP contribution >= 0.6 is 23.2 Å². The van der Waals surface area contributed by atoms with Crippen LogP contribution in [0.5, 0.6) is 0 Å². The van der Waals surface area contributed by atoms with Crippen LogP contribution in [-0.2, 0) is 9.53 Å². The summed E-state index contributed by atoms with van der Waals surface area (Å²) in [6.45, 7) is 2.71. The molecule has 0 aliphatic carbocycles. The fraction of sp³-hybridized carbons (Fsp3) is 0.414. The van der Waals surface area contributed by atoms with Crippen molar-refractivity contribution >= 4 is 62.8 Å². The number of ether oxygens (including phenoxy) is 1. The van der Waals surface area contributed by atoms with Gasteiger partial charge in [-0.05, 0) is 62.4 Å². The monoisotopic (exact) mass is 595 g/mol. The quantitative estimate of drug-likeness (QED) is 0.240. The van der Waals surface area contributed by atoms with E-state index in [1.54, 1.807) is 18.2 Å². The SMILES string of the molecule is O=C(CCC(Nc1ncnc2cc(C(=O)N3CCCC3)c(Cl)cc12)c1nc2ccc(Cl)cc2[nH]1)NCC1CCCO1. The molecule has 0 bridgehead atoms. The molecule has 4 aromatic rings. The van der Waals surface area contributed by atoms with Crippen LogP contribution < -0.4 is 10.6 Å². The van der Waals surface area contributed by atoms with Crippen LogP contribution in [0.15, 0.2) is 36.7 Å². The minimum absolute atomic E-state index is 0.0629. The Kier molecular flexibility index (Phi) is 8.23. The van der Waals surface area contributed by atoms with Gasteiger partial charge in [0.05, 0.1) is 39.3 Å². The molecule has 41 heavy (non-hydrogen) atoms. The number of nitrogens with one attached hydrogen (secondary N) is 3. The molecule has 2 fully saturated rings. The van der Waals surface area contributed by atoms with Gasteiger partial charge in [-0.25, -0.2) is 15.0 Å². The van der Waals surface area contributed by atoms with Gasteiger partial charge in [0, 0.05) is 43.1 Å². The Balaban J connectivity index is 1.26. The summed E-state index contributed by atoms with van der Waals surface area (Å²) in [5.41, 5.74) is 2.58. The second-order valence-electron chi connectivity index (χ2n) is 10.5. The van der Waals surface area contributed by atoms with E-state index in [4.69, 9.17) is 32.9 Å². The number of anilines is 1. The third kappa shape index (κ3) is 6.24. The molecule has 2 amide bonds. The highest BCUT2D eigenvalue weighted by atomic mass is 35.5. The zero-order chi connectivity index (χ0) is 28.3. The van der Waals surface area contributed by atoms with Crippen LogP contribution in [0.3, 0.4) is 0 Å². The maximum absolute atomic E-state index is 13.1. The summed E-state index contributed by atoms with van der Waals surface area (Å²) >= 11 is 12.8. The molecule has 2 aliphatic rings. The summed E-state index contributed by atoms with van der Waals surface area (Å²) in [6, 6.07) is 8.52. The molecule has 0 spiro atoms. The number of hydrogen-bond donors (Lipinski definition) is 3. The summed E-state index contributed by atoms with van der Waals surface area (Å²) in [6.07, 6.45) is 6.20. The number of halogens is 2. The lowest BCUT2D eigenvalue weighted by Gasteiger charge is -2.20. The van der Waals surface area contributed by atoms with E-state index in [1.165, 1.54) is 6.33 Å². The zero-order valence-corrected chi connectivity index (χ0v) is 24.0. The second-order valence-corrected chi connectivity index (χ2v) is 11.4. The Morgan fingerprint density at radius 2 is 1.95 bits per heavy atom. The van der Waals surface area contributed by atoms with Crippen LogP contribution in [0, 0.1) is 0 Å². The molecular weight excluding hydrogens is 565 g/mol. The number of amides is 2. The molecule has 4 heterocycles. The Morgan fingerprint density at radius 3 is 2.76 bits per heavy atom. The molecule has 6 rings (SSSR count). The van der Waals surface area contributed by atoms with Crippen molar-refractivity contribution in [2.24, 2.45) is 0 Å². The highest BCUT2D eigenvalue weighted by Gasteiger charge is 2.24. The first-order valence-electron chi connectivity index (χ1n) is 14.0. The van der Waals surface area contributed by atoms with Gasteiger partial charge < -0.3 is 25.3 Å². The van der Waals surface area contributed by atoms with E-state index in [9.17, 15) is 9.59 Å². The van der Waals surface area contributed by atoms with Gasteiger partial charge in [-0.1, -0.05) is 23.2 Å². The first kappa shape index (κ1) is 27.7. The molecule has 3 N–H and O–H groups in total. The predicted octanol–water partition coefficient (Wildman–Crippen LogP) is 5.28. The lowest BCUT2D eigenvalue weighted by Crippen LogP contribution is -2.32. The van der Waals surface area contributed by atoms with Crippen molar-refractivity contribution in [2.75, 3.05) is 31.6 Å². The fourth-order valence-electron chi connectivity index (χ4n) is 5.45. The van der Waals surface area contributed by atoms with Crippen molar-refractivity contribution in [1.29, 1.82) is 0 Å². The van der Waals surface area contributed by atoms with Gasteiger partial charge in [0.1, 0.15) is 18.0 Å². The molecular formula is C29H31Cl2N7O3. The molecule has 2 atom stereocenters. The Morgan fingerprint density at radius 1 is 1.10 bits per heavy atom. The molecule has 214 valence electrons. The predicted molar refractivity (Wildman–Crippen MR) is 158 cm³/mol. The van der Waals surface area contributed by atoms with Crippen molar-refractivity contribution in [3.63, 3.8) is 0 Å². The number of nitrogens with zero attached hydrogens (tertiary/aromatic N) is 4. The van der Waals surface area contributed by atoms with E-state index in [0.29, 0.717) is 51.1 Å². The molecule has 2 saturated heterocycles. The normalized spacial score (nSPS) is 17.8. The van der Waals surface area contributed by atoms with Gasteiger partial charge in [-0.3, -0.25) is 9.59 Å². The summed E-state index contributed by atoms with van der Waals surface area (Å²) in [5, 5.41) is 8.06. The lowest BCUT2D eigenvalue weighted by molar-refractivity contribution is -0.121. The molecule has 2 aromatic carbocycles. The van der Waals surface area contributed by atoms with Gasteiger partial charge >= 0.3 is 0 Å². The average Bonchev–Trinajstić information content (AvgIpc) is 3.76. The molecule has 0 saturated carbocycles. The Bertz CT molecular complexity index is 1580. The molecule has 2 aliphatic heterocycles. The third-order valence-electron chi connectivity index (χ3n) is 7.66. The van der Waals surface area contributed by atoms with Gasteiger partial charge in [0.25, 0.3) is 5.91 Å². The highest BCUT2D eigenvalue weighted by Crippen LogP contribution is 2.32. The topological polar surface area (TPSA) is 125 Å². The molecule has 2 unspecified atom stereocenters. The number of rotatable bonds is 9. The highest BCUT2D eigenvalue weighted by molar-refractivity contribution is 6.35. The standard InChI is InChI=1S/C29H31Cl2N7O3/c30-17-5-6-22-25(12-17)37-28(35-22)23(7-8-26(39)32-15-18-4-3-11-41-18)36-27-20-13-21(31)19(14-24(20)33-16-34-27)29(40)38-9-1-2-10-38/h5-6,12-14,16,18,23H,1-4,7-11,15H2,(H,32,39)(H,35,37)(H,33,34,36). The first-order chi connectivity index (χ1) is 19.9. The zero-order valence-electron chi connectivity index (χ0n) is 22.5. The van der Waals surface area contributed by atoms with E-state index in [2.05, 4.69) is 25.6 Å². The maximum atomic E-state index is 13.1.